The van der Waals surface area contributed by atoms with Gasteiger partial charge in [0.05, 0.1) is 5.69 Å². The van der Waals surface area contributed by atoms with Crippen LogP contribution in [0.4, 0.5) is 10.4 Å². The maximum Gasteiger partial charge on any atom is 0.301 e. The Kier molecular flexibility index (Phi) is 3.15. The van der Waals surface area contributed by atoms with Gasteiger partial charge in [-0.3, -0.25) is 10.1 Å². The standard InChI is InChI=1S/C11H10FN3O2/c12-8-3-1-2-7(4-8)10(16)15-11-14-9(5-13)6-17-11/h1-4,6H,5,13H2,(H,14,15,16). The minimum atomic E-state index is -0.491. The van der Waals surface area contributed by atoms with Gasteiger partial charge in [-0.15, -0.1) is 0 Å². The van der Waals surface area contributed by atoms with Crippen LogP contribution in [-0.2, 0) is 6.54 Å². The van der Waals surface area contributed by atoms with Crippen LogP contribution in [0.1, 0.15) is 16.1 Å². The van der Waals surface area contributed by atoms with Crippen molar-refractivity contribution in [2.75, 3.05) is 5.32 Å². The van der Waals surface area contributed by atoms with Crippen LogP contribution in [0.15, 0.2) is 34.9 Å². The molecule has 17 heavy (non-hydrogen) atoms. The first-order chi connectivity index (χ1) is 8.19. The van der Waals surface area contributed by atoms with Crippen molar-refractivity contribution < 1.29 is 13.6 Å². The molecule has 0 atom stereocenters. The molecule has 3 N–H and O–H groups in total. The lowest BCUT2D eigenvalue weighted by Crippen LogP contribution is -2.12. The number of oxazole rings is 1. The van der Waals surface area contributed by atoms with Crippen LogP contribution in [0.5, 0.6) is 0 Å². The zero-order valence-electron chi connectivity index (χ0n) is 8.81. The SMILES string of the molecule is NCc1coc(NC(=O)c2cccc(F)c2)n1. The van der Waals surface area contributed by atoms with Gasteiger partial charge < -0.3 is 10.2 Å². The van der Waals surface area contributed by atoms with Gasteiger partial charge in [-0.1, -0.05) is 6.07 Å². The molecule has 1 aromatic heterocycles. The molecule has 88 valence electrons. The summed E-state index contributed by atoms with van der Waals surface area (Å²) in [4.78, 5) is 15.6. The number of carbonyl (C=O) groups is 1. The Labute approximate surface area is 96.4 Å². The Hall–Kier alpha value is -2.21. The van der Waals surface area contributed by atoms with Crippen molar-refractivity contribution in [3.63, 3.8) is 0 Å². The maximum atomic E-state index is 12.9. The topological polar surface area (TPSA) is 81.1 Å². The Morgan fingerprint density at radius 3 is 3.00 bits per heavy atom. The first-order valence-electron chi connectivity index (χ1n) is 4.90. The van der Waals surface area contributed by atoms with Crippen LogP contribution in [0.25, 0.3) is 0 Å². The predicted molar refractivity (Wildman–Crippen MR) is 58.7 cm³/mol. The van der Waals surface area contributed by atoms with E-state index in [0.717, 1.165) is 6.07 Å². The second kappa shape index (κ2) is 4.75. The summed E-state index contributed by atoms with van der Waals surface area (Å²) in [6.07, 6.45) is 1.35. The van der Waals surface area contributed by atoms with Gasteiger partial charge in [-0.2, -0.15) is 4.98 Å². The van der Waals surface area contributed by atoms with Crippen LogP contribution in [0.3, 0.4) is 0 Å². The van der Waals surface area contributed by atoms with E-state index in [0.29, 0.717) is 5.69 Å². The van der Waals surface area contributed by atoms with E-state index < -0.39 is 11.7 Å². The van der Waals surface area contributed by atoms with Crippen molar-refractivity contribution in [2.24, 2.45) is 5.73 Å². The number of aromatic nitrogens is 1. The highest BCUT2D eigenvalue weighted by Gasteiger charge is 2.10. The summed E-state index contributed by atoms with van der Waals surface area (Å²) in [6.45, 7) is 0.222. The van der Waals surface area contributed by atoms with Gasteiger partial charge in [0.15, 0.2) is 0 Å². The highest BCUT2D eigenvalue weighted by atomic mass is 19.1. The van der Waals surface area contributed by atoms with Crippen molar-refractivity contribution in [2.45, 2.75) is 6.54 Å². The van der Waals surface area contributed by atoms with E-state index >= 15 is 0 Å². The first-order valence-corrected chi connectivity index (χ1v) is 4.90. The van der Waals surface area contributed by atoms with Crippen molar-refractivity contribution in [1.29, 1.82) is 0 Å². The molecule has 0 saturated carbocycles. The predicted octanol–water partition coefficient (Wildman–Crippen LogP) is 1.52. The Bertz CT molecular complexity index is 539. The van der Waals surface area contributed by atoms with Crippen molar-refractivity contribution in [1.82, 2.24) is 4.98 Å². The molecule has 1 amide bonds. The lowest BCUT2D eigenvalue weighted by molar-refractivity contribution is 0.102. The number of nitrogens with one attached hydrogen (secondary N) is 1. The van der Waals surface area contributed by atoms with Gasteiger partial charge >= 0.3 is 6.01 Å². The van der Waals surface area contributed by atoms with Crippen molar-refractivity contribution >= 4 is 11.9 Å². The molecule has 2 rings (SSSR count). The molecule has 0 fully saturated rings. The van der Waals surface area contributed by atoms with Crippen molar-refractivity contribution in [3.8, 4) is 0 Å². The number of rotatable bonds is 3. The minimum Gasteiger partial charge on any atom is -0.432 e. The van der Waals surface area contributed by atoms with Gasteiger partial charge in [0.2, 0.25) is 0 Å². The summed E-state index contributed by atoms with van der Waals surface area (Å²) in [6, 6.07) is 5.37. The van der Waals surface area contributed by atoms with Gasteiger partial charge in [-0.25, -0.2) is 4.39 Å². The lowest BCUT2D eigenvalue weighted by atomic mass is 10.2. The number of nitrogens with zero attached hydrogens (tertiary/aromatic N) is 1. The molecular formula is C11H10FN3O2. The average Bonchev–Trinajstić information content (AvgIpc) is 2.77. The Morgan fingerprint density at radius 1 is 1.53 bits per heavy atom. The molecule has 0 radical (unpaired) electrons. The van der Waals surface area contributed by atoms with Crippen LogP contribution in [-0.4, -0.2) is 10.9 Å². The molecular weight excluding hydrogens is 225 g/mol. The largest absolute Gasteiger partial charge is 0.432 e. The molecule has 0 spiro atoms. The molecule has 5 nitrogen and oxygen atoms in total. The van der Waals surface area contributed by atoms with Gasteiger partial charge in [0, 0.05) is 12.1 Å². The zero-order chi connectivity index (χ0) is 12.3. The number of carbonyl (C=O) groups excluding carboxylic acids is 1. The summed E-state index contributed by atoms with van der Waals surface area (Å²) in [7, 11) is 0. The fourth-order valence-corrected chi connectivity index (χ4v) is 1.26. The highest BCUT2D eigenvalue weighted by Crippen LogP contribution is 2.10. The van der Waals surface area contributed by atoms with E-state index in [-0.39, 0.29) is 18.1 Å². The molecule has 0 saturated heterocycles. The Balaban J connectivity index is 2.11. The van der Waals surface area contributed by atoms with Crippen LogP contribution in [0, 0.1) is 5.82 Å². The van der Waals surface area contributed by atoms with Gasteiger partial charge in [0.25, 0.3) is 5.91 Å². The van der Waals surface area contributed by atoms with Gasteiger partial charge in [-0.05, 0) is 18.2 Å². The summed E-state index contributed by atoms with van der Waals surface area (Å²) < 4.78 is 17.9. The highest BCUT2D eigenvalue weighted by molar-refractivity contribution is 6.03. The molecule has 1 aromatic carbocycles. The third-order valence-electron chi connectivity index (χ3n) is 2.07. The number of hydrogen-bond acceptors (Lipinski definition) is 4. The van der Waals surface area contributed by atoms with E-state index in [1.807, 2.05) is 0 Å². The summed E-state index contributed by atoms with van der Waals surface area (Å²) in [5.74, 6) is -0.970. The van der Waals surface area contributed by atoms with E-state index in [2.05, 4.69) is 10.3 Å². The monoisotopic (exact) mass is 235 g/mol. The fourth-order valence-electron chi connectivity index (χ4n) is 1.26. The quantitative estimate of drug-likeness (QED) is 0.845. The summed E-state index contributed by atoms with van der Waals surface area (Å²) in [5, 5.41) is 2.40. The number of amides is 1. The second-order valence-electron chi connectivity index (χ2n) is 3.31. The minimum absolute atomic E-state index is 0.0414. The second-order valence-corrected chi connectivity index (χ2v) is 3.31. The van der Waals surface area contributed by atoms with Crippen molar-refractivity contribution in [3.05, 3.63) is 47.6 Å². The molecule has 0 bridgehead atoms. The number of benzene rings is 1. The van der Waals surface area contributed by atoms with E-state index in [9.17, 15) is 9.18 Å². The lowest BCUT2D eigenvalue weighted by Gasteiger charge is -2.00. The zero-order valence-corrected chi connectivity index (χ0v) is 8.81. The molecule has 1 heterocycles. The maximum absolute atomic E-state index is 12.9. The molecule has 0 unspecified atom stereocenters. The number of anilines is 1. The third-order valence-corrected chi connectivity index (χ3v) is 2.07. The summed E-state index contributed by atoms with van der Waals surface area (Å²) in [5.41, 5.74) is 6.06. The fraction of sp³-hybridized carbons (Fsp3) is 0.0909. The molecule has 0 aliphatic heterocycles. The van der Waals surface area contributed by atoms with E-state index in [1.54, 1.807) is 0 Å². The molecule has 0 aliphatic carbocycles. The smallest absolute Gasteiger partial charge is 0.301 e. The molecule has 2 aromatic rings. The van der Waals surface area contributed by atoms with Crippen LogP contribution >= 0.6 is 0 Å². The average molecular weight is 235 g/mol. The molecule has 0 aliphatic rings. The molecule has 6 heteroatoms. The van der Waals surface area contributed by atoms with Gasteiger partial charge in [0.1, 0.15) is 12.1 Å². The normalized spacial score (nSPS) is 10.2. The Morgan fingerprint density at radius 2 is 2.35 bits per heavy atom. The third kappa shape index (κ3) is 2.67. The number of nitrogens with two attached hydrogens (primary N) is 1. The first kappa shape index (κ1) is 11.3. The van der Waals surface area contributed by atoms with E-state index in [1.165, 1.54) is 24.5 Å². The van der Waals surface area contributed by atoms with E-state index in [4.69, 9.17) is 10.2 Å². The van der Waals surface area contributed by atoms with Crippen LogP contribution < -0.4 is 11.1 Å². The van der Waals surface area contributed by atoms with Crippen LogP contribution in [0.2, 0.25) is 0 Å². The number of halogens is 1. The number of hydrogen-bond donors (Lipinski definition) is 2. The summed E-state index contributed by atoms with van der Waals surface area (Å²) >= 11 is 0.